The molecule has 0 spiro atoms. The van der Waals surface area contributed by atoms with Crippen molar-refractivity contribution in [1.82, 2.24) is 9.62 Å². The van der Waals surface area contributed by atoms with Crippen LogP contribution in [0.15, 0.2) is 27.6 Å². The van der Waals surface area contributed by atoms with Crippen LogP contribution in [-0.4, -0.2) is 38.9 Å². The van der Waals surface area contributed by atoms with Crippen LogP contribution >= 0.6 is 28.3 Å². The van der Waals surface area contributed by atoms with E-state index >= 15 is 0 Å². The van der Waals surface area contributed by atoms with Gasteiger partial charge in [-0.25, -0.2) is 8.42 Å². The molecule has 1 aliphatic rings. The van der Waals surface area contributed by atoms with Crippen LogP contribution in [0.4, 0.5) is 0 Å². The highest BCUT2D eigenvalue weighted by Crippen LogP contribution is 2.30. The number of rotatable bonds is 4. The smallest absolute Gasteiger partial charge is 0.244 e. The minimum absolute atomic E-state index is 0. The number of nitrogens with zero attached hydrogens (tertiary/aromatic N) is 1. The second-order valence-electron chi connectivity index (χ2n) is 4.90. The number of hydrogen-bond acceptors (Lipinski definition) is 3. The van der Waals surface area contributed by atoms with E-state index in [2.05, 4.69) is 21.2 Å². The van der Waals surface area contributed by atoms with Crippen LogP contribution in [0, 0.1) is 6.92 Å². The Morgan fingerprint density at radius 3 is 2.75 bits per heavy atom. The molecule has 1 heterocycles. The summed E-state index contributed by atoms with van der Waals surface area (Å²) in [6, 6.07) is 5.42. The highest BCUT2D eigenvalue weighted by atomic mass is 79.9. The van der Waals surface area contributed by atoms with Gasteiger partial charge in [-0.15, -0.1) is 12.4 Å². The SMILES string of the molecule is CNCC1CCCN1S(=O)(=O)c1ccc(C)cc1Br.Cl. The summed E-state index contributed by atoms with van der Waals surface area (Å²) < 4.78 is 27.7. The Balaban J connectivity index is 0.00000200. The van der Waals surface area contributed by atoms with Gasteiger partial charge in [0.2, 0.25) is 10.0 Å². The number of sulfonamides is 1. The lowest BCUT2D eigenvalue weighted by molar-refractivity contribution is 0.379. The number of nitrogens with one attached hydrogen (secondary N) is 1. The largest absolute Gasteiger partial charge is 0.318 e. The summed E-state index contributed by atoms with van der Waals surface area (Å²) >= 11 is 3.37. The van der Waals surface area contributed by atoms with Gasteiger partial charge in [-0.05, 0) is 60.4 Å². The predicted molar refractivity (Wildman–Crippen MR) is 87.0 cm³/mol. The fourth-order valence-corrected chi connectivity index (χ4v) is 5.35. The second kappa shape index (κ2) is 7.22. The maximum atomic E-state index is 12.7. The zero-order valence-electron chi connectivity index (χ0n) is 11.6. The summed E-state index contributed by atoms with van der Waals surface area (Å²) in [5.74, 6) is 0. The van der Waals surface area contributed by atoms with Gasteiger partial charge in [-0.3, -0.25) is 0 Å². The molecule has 1 unspecified atom stereocenters. The number of halogens is 2. The number of likely N-dealkylation sites (N-methyl/N-ethyl adjacent to an activating group) is 1. The van der Waals surface area contributed by atoms with Gasteiger partial charge in [0, 0.05) is 23.6 Å². The molecule has 1 aromatic carbocycles. The quantitative estimate of drug-likeness (QED) is 0.869. The van der Waals surface area contributed by atoms with Crippen molar-refractivity contribution in [3.05, 3.63) is 28.2 Å². The Morgan fingerprint density at radius 1 is 1.45 bits per heavy atom. The first-order chi connectivity index (χ1) is 8.96. The van der Waals surface area contributed by atoms with Crippen molar-refractivity contribution in [2.75, 3.05) is 20.1 Å². The molecular weight excluding hydrogens is 364 g/mol. The first kappa shape index (κ1) is 17.9. The average Bonchev–Trinajstić information content (AvgIpc) is 2.78. The first-order valence-electron chi connectivity index (χ1n) is 6.39. The summed E-state index contributed by atoms with van der Waals surface area (Å²) in [5.41, 5.74) is 1.04. The summed E-state index contributed by atoms with van der Waals surface area (Å²) in [6.07, 6.45) is 1.85. The molecule has 114 valence electrons. The van der Waals surface area contributed by atoms with Gasteiger partial charge < -0.3 is 5.32 Å². The minimum atomic E-state index is -3.41. The Labute approximate surface area is 135 Å². The molecule has 1 aliphatic heterocycles. The van der Waals surface area contributed by atoms with Crippen LogP contribution in [0.3, 0.4) is 0 Å². The topological polar surface area (TPSA) is 49.4 Å². The standard InChI is InChI=1S/C13H19BrN2O2S.ClH/c1-10-5-6-13(12(14)8-10)19(17,18)16-7-3-4-11(16)9-15-2;/h5-6,8,11,15H,3-4,7,9H2,1-2H3;1H. The molecular formula is C13H20BrClN2O2S. The van der Waals surface area contributed by atoms with Gasteiger partial charge in [0.25, 0.3) is 0 Å². The molecule has 1 saturated heterocycles. The lowest BCUT2D eigenvalue weighted by Gasteiger charge is -2.24. The van der Waals surface area contributed by atoms with E-state index < -0.39 is 10.0 Å². The zero-order valence-corrected chi connectivity index (χ0v) is 14.8. The zero-order chi connectivity index (χ0) is 14.0. The fraction of sp³-hybridized carbons (Fsp3) is 0.538. The Bertz CT molecular complexity index is 565. The molecule has 0 aromatic heterocycles. The van der Waals surface area contributed by atoms with Crippen LogP contribution in [0.1, 0.15) is 18.4 Å². The van der Waals surface area contributed by atoms with Crippen molar-refractivity contribution >= 4 is 38.4 Å². The van der Waals surface area contributed by atoms with Crippen LogP contribution in [0.25, 0.3) is 0 Å². The van der Waals surface area contributed by atoms with Crippen molar-refractivity contribution in [3.8, 4) is 0 Å². The third-order valence-electron chi connectivity index (χ3n) is 3.44. The highest BCUT2D eigenvalue weighted by molar-refractivity contribution is 9.10. The monoisotopic (exact) mass is 382 g/mol. The van der Waals surface area contributed by atoms with E-state index in [0.29, 0.717) is 22.5 Å². The van der Waals surface area contributed by atoms with Crippen molar-refractivity contribution in [2.24, 2.45) is 0 Å². The van der Waals surface area contributed by atoms with Crippen LogP contribution < -0.4 is 5.32 Å². The Morgan fingerprint density at radius 2 is 2.15 bits per heavy atom. The molecule has 4 nitrogen and oxygen atoms in total. The van der Waals surface area contributed by atoms with E-state index in [0.717, 1.165) is 18.4 Å². The van der Waals surface area contributed by atoms with Crippen molar-refractivity contribution in [2.45, 2.75) is 30.7 Å². The van der Waals surface area contributed by atoms with Gasteiger partial charge in [-0.1, -0.05) is 6.07 Å². The van der Waals surface area contributed by atoms with Crippen molar-refractivity contribution < 1.29 is 8.42 Å². The second-order valence-corrected chi connectivity index (χ2v) is 7.62. The maximum absolute atomic E-state index is 12.7. The normalized spacial score (nSPS) is 19.9. The summed E-state index contributed by atoms with van der Waals surface area (Å²) in [5, 5.41) is 3.07. The van der Waals surface area contributed by atoms with Crippen molar-refractivity contribution in [1.29, 1.82) is 0 Å². The molecule has 0 amide bonds. The predicted octanol–water partition coefficient (Wildman–Crippen LogP) is 2.55. The number of aryl methyl sites for hydroxylation is 1. The lowest BCUT2D eigenvalue weighted by Crippen LogP contribution is -2.40. The van der Waals surface area contributed by atoms with Crippen LogP contribution in [0.5, 0.6) is 0 Å². The van der Waals surface area contributed by atoms with E-state index in [-0.39, 0.29) is 18.4 Å². The van der Waals surface area contributed by atoms with E-state index in [4.69, 9.17) is 0 Å². The molecule has 20 heavy (non-hydrogen) atoms. The van der Waals surface area contributed by atoms with E-state index in [9.17, 15) is 8.42 Å². The average molecular weight is 384 g/mol. The molecule has 0 radical (unpaired) electrons. The van der Waals surface area contributed by atoms with Gasteiger partial charge in [0.15, 0.2) is 0 Å². The Hall–Kier alpha value is -0.140. The van der Waals surface area contributed by atoms with Crippen LogP contribution in [0.2, 0.25) is 0 Å². The van der Waals surface area contributed by atoms with E-state index in [1.165, 1.54) is 0 Å². The summed E-state index contributed by atoms with van der Waals surface area (Å²) in [7, 11) is -1.56. The molecule has 1 atom stereocenters. The van der Waals surface area contributed by atoms with Gasteiger partial charge >= 0.3 is 0 Å². The molecule has 2 rings (SSSR count). The molecule has 0 saturated carbocycles. The minimum Gasteiger partial charge on any atom is -0.318 e. The van der Waals surface area contributed by atoms with Gasteiger partial charge in [-0.2, -0.15) is 4.31 Å². The van der Waals surface area contributed by atoms with E-state index in [1.54, 1.807) is 10.4 Å². The maximum Gasteiger partial charge on any atom is 0.244 e. The van der Waals surface area contributed by atoms with Crippen LogP contribution in [-0.2, 0) is 10.0 Å². The van der Waals surface area contributed by atoms with E-state index in [1.807, 2.05) is 26.1 Å². The summed E-state index contributed by atoms with van der Waals surface area (Å²) in [6.45, 7) is 3.25. The lowest BCUT2D eigenvalue weighted by atomic mass is 10.2. The fourth-order valence-electron chi connectivity index (χ4n) is 2.51. The number of hydrogen-bond donors (Lipinski definition) is 1. The highest BCUT2D eigenvalue weighted by Gasteiger charge is 2.35. The third kappa shape index (κ3) is 3.54. The molecule has 1 N–H and O–H groups in total. The molecule has 1 fully saturated rings. The van der Waals surface area contributed by atoms with Gasteiger partial charge in [0.05, 0.1) is 4.90 Å². The molecule has 0 aliphatic carbocycles. The Kier molecular flexibility index (Phi) is 6.47. The first-order valence-corrected chi connectivity index (χ1v) is 8.62. The third-order valence-corrected chi connectivity index (χ3v) is 6.37. The molecule has 1 aromatic rings. The van der Waals surface area contributed by atoms with Crippen molar-refractivity contribution in [3.63, 3.8) is 0 Å². The number of benzene rings is 1. The molecule has 0 bridgehead atoms. The summed E-state index contributed by atoms with van der Waals surface area (Å²) in [4.78, 5) is 0.362. The molecule has 7 heteroatoms. The van der Waals surface area contributed by atoms with Gasteiger partial charge in [0.1, 0.15) is 0 Å².